The molecular formula is C25H26O6. The fraction of sp³-hybridized carbons (Fsp3) is 0.360. The van der Waals surface area contributed by atoms with E-state index in [0.717, 1.165) is 32.1 Å². The third kappa shape index (κ3) is 5.26. The summed E-state index contributed by atoms with van der Waals surface area (Å²) in [7, 11) is 0. The van der Waals surface area contributed by atoms with Gasteiger partial charge in [-0.2, -0.15) is 0 Å². The van der Waals surface area contributed by atoms with Crippen LogP contribution >= 0.6 is 0 Å². The second-order valence-electron chi connectivity index (χ2n) is 7.73. The Morgan fingerprint density at radius 3 is 2.52 bits per heavy atom. The van der Waals surface area contributed by atoms with Crippen LogP contribution in [0.15, 0.2) is 57.9 Å². The van der Waals surface area contributed by atoms with E-state index in [2.05, 4.69) is 6.92 Å². The van der Waals surface area contributed by atoms with E-state index in [1.54, 1.807) is 18.2 Å². The molecule has 1 heterocycles. The molecule has 1 fully saturated rings. The Bertz CT molecular complexity index is 1090. The molecule has 6 nitrogen and oxygen atoms in total. The van der Waals surface area contributed by atoms with Crippen molar-refractivity contribution in [2.75, 3.05) is 6.61 Å². The third-order valence-electron chi connectivity index (χ3n) is 5.48. The number of esters is 1. The molecule has 0 N–H and O–H groups in total. The molecular weight excluding hydrogens is 396 g/mol. The van der Waals surface area contributed by atoms with Gasteiger partial charge < -0.3 is 18.6 Å². The van der Waals surface area contributed by atoms with Gasteiger partial charge in [-0.05, 0) is 61.9 Å². The molecule has 0 amide bonds. The van der Waals surface area contributed by atoms with Crippen LogP contribution in [0.25, 0.3) is 11.0 Å². The highest BCUT2D eigenvalue weighted by Crippen LogP contribution is 2.25. The minimum Gasteiger partial charge on any atom is -0.482 e. The molecule has 0 spiro atoms. The van der Waals surface area contributed by atoms with Gasteiger partial charge in [0.2, 0.25) is 11.2 Å². The summed E-state index contributed by atoms with van der Waals surface area (Å²) in [5, 5.41) is 0.375. The van der Waals surface area contributed by atoms with Crippen LogP contribution in [0, 0.1) is 0 Å². The smallest absolute Gasteiger partial charge is 0.344 e. The summed E-state index contributed by atoms with van der Waals surface area (Å²) in [6.07, 6.45) is 7.44. The molecule has 0 atom stereocenters. The summed E-state index contributed by atoms with van der Waals surface area (Å²) in [6.45, 7) is 1.90. The second-order valence-corrected chi connectivity index (χ2v) is 7.73. The third-order valence-corrected chi connectivity index (χ3v) is 5.48. The molecule has 2 aromatic carbocycles. The molecule has 1 aliphatic rings. The van der Waals surface area contributed by atoms with Gasteiger partial charge in [-0.1, -0.05) is 25.5 Å². The zero-order valence-electron chi connectivity index (χ0n) is 17.6. The van der Waals surface area contributed by atoms with Crippen molar-refractivity contribution >= 4 is 16.9 Å². The van der Waals surface area contributed by atoms with E-state index >= 15 is 0 Å². The fourth-order valence-electron chi connectivity index (χ4n) is 3.72. The maximum Gasteiger partial charge on any atom is 0.344 e. The molecule has 0 radical (unpaired) electrons. The Hall–Kier alpha value is -3.28. The zero-order valence-corrected chi connectivity index (χ0v) is 17.6. The van der Waals surface area contributed by atoms with Crippen LogP contribution in [0.4, 0.5) is 0 Å². The normalized spacial score (nSPS) is 14.4. The van der Waals surface area contributed by atoms with E-state index < -0.39 is 0 Å². The molecule has 0 unspecified atom stereocenters. The zero-order chi connectivity index (χ0) is 21.6. The van der Waals surface area contributed by atoms with Crippen molar-refractivity contribution in [3.05, 3.63) is 64.5 Å². The molecule has 31 heavy (non-hydrogen) atoms. The second kappa shape index (κ2) is 9.69. The Balaban J connectivity index is 1.41. The van der Waals surface area contributed by atoms with E-state index in [1.165, 1.54) is 18.2 Å². The summed E-state index contributed by atoms with van der Waals surface area (Å²) in [4.78, 5) is 24.8. The number of carbonyl (C=O) groups excluding carboxylic acids is 1. The van der Waals surface area contributed by atoms with E-state index in [-0.39, 0.29) is 29.9 Å². The van der Waals surface area contributed by atoms with Crippen molar-refractivity contribution < 1.29 is 23.4 Å². The van der Waals surface area contributed by atoms with Crippen LogP contribution in [0.1, 0.15) is 44.6 Å². The minimum absolute atomic E-state index is 0.00364. The summed E-state index contributed by atoms with van der Waals surface area (Å²) < 4.78 is 22.3. The van der Waals surface area contributed by atoms with E-state index in [9.17, 15) is 9.59 Å². The first kappa shape index (κ1) is 21.0. The Morgan fingerprint density at radius 1 is 1.03 bits per heavy atom. The van der Waals surface area contributed by atoms with Gasteiger partial charge in [0.25, 0.3) is 0 Å². The average Bonchev–Trinajstić information content (AvgIpc) is 2.80. The SMILES string of the molecule is CCc1ccc(Oc2coc3cc(OCC(=O)OC4CCCCC4)ccc3c2=O)cc1. The van der Waals surface area contributed by atoms with Crippen LogP contribution in [0.5, 0.6) is 17.2 Å². The number of aryl methyl sites for hydroxylation is 1. The molecule has 4 rings (SSSR count). The predicted octanol–water partition coefficient (Wildman–Crippen LogP) is 5.40. The van der Waals surface area contributed by atoms with Crippen LogP contribution < -0.4 is 14.9 Å². The first-order valence-corrected chi connectivity index (χ1v) is 10.8. The van der Waals surface area contributed by atoms with Crippen molar-refractivity contribution in [3.63, 3.8) is 0 Å². The molecule has 0 saturated heterocycles. The Kier molecular flexibility index (Phi) is 6.55. The largest absolute Gasteiger partial charge is 0.482 e. The number of hydrogen-bond donors (Lipinski definition) is 0. The molecule has 6 heteroatoms. The van der Waals surface area contributed by atoms with Crippen LogP contribution in [0.2, 0.25) is 0 Å². The fourth-order valence-corrected chi connectivity index (χ4v) is 3.72. The molecule has 1 aliphatic carbocycles. The van der Waals surface area contributed by atoms with Crippen LogP contribution in [0.3, 0.4) is 0 Å². The number of carbonyl (C=O) groups is 1. The van der Waals surface area contributed by atoms with Crippen molar-refractivity contribution in [1.29, 1.82) is 0 Å². The van der Waals surface area contributed by atoms with Crippen molar-refractivity contribution in [2.24, 2.45) is 0 Å². The van der Waals surface area contributed by atoms with Crippen molar-refractivity contribution in [1.82, 2.24) is 0 Å². The van der Waals surface area contributed by atoms with E-state index in [1.807, 2.05) is 24.3 Å². The van der Waals surface area contributed by atoms with Gasteiger partial charge in [-0.15, -0.1) is 0 Å². The van der Waals surface area contributed by atoms with Crippen LogP contribution in [-0.2, 0) is 16.0 Å². The monoisotopic (exact) mass is 422 g/mol. The summed E-state index contributed by atoms with van der Waals surface area (Å²) in [5.74, 6) is 0.730. The summed E-state index contributed by atoms with van der Waals surface area (Å²) in [6, 6.07) is 12.4. The van der Waals surface area contributed by atoms with E-state index in [4.69, 9.17) is 18.6 Å². The lowest BCUT2D eigenvalue weighted by Gasteiger charge is -2.21. The molecule has 0 aliphatic heterocycles. The van der Waals surface area contributed by atoms with Gasteiger partial charge in [0.05, 0.1) is 5.39 Å². The first-order chi connectivity index (χ1) is 15.1. The summed E-state index contributed by atoms with van der Waals surface area (Å²) in [5.41, 5.74) is 1.27. The van der Waals surface area contributed by atoms with Gasteiger partial charge in [0, 0.05) is 6.07 Å². The Labute approximate surface area is 180 Å². The lowest BCUT2D eigenvalue weighted by atomic mass is 9.98. The number of rotatable bonds is 7. The van der Waals surface area contributed by atoms with Gasteiger partial charge in [-0.25, -0.2) is 4.79 Å². The quantitative estimate of drug-likeness (QED) is 0.475. The number of fused-ring (bicyclic) bond motifs is 1. The van der Waals surface area contributed by atoms with Crippen LogP contribution in [-0.4, -0.2) is 18.7 Å². The molecule has 162 valence electrons. The van der Waals surface area contributed by atoms with Gasteiger partial charge in [0.1, 0.15) is 29.4 Å². The minimum atomic E-state index is -0.383. The highest BCUT2D eigenvalue weighted by Gasteiger charge is 2.18. The topological polar surface area (TPSA) is 75.0 Å². The van der Waals surface area contributed by atoms with E-state index in [0.29, 0.717) is 22.5 Å². The lowest BCUT2D eigenvalue weighted by Crippen LogP contribution is -2.24. The van der Waals surface area contributed by atoms with Crippen molar-refractivity contribution in [2.45, 2.75) is 51.6 Å². The maximum atomic E-state index is 12.8. The first-order valence-electron chi connectivity index (χ1n) is 10.8. The predicted molar refractivity (Wildman–Crippen MR) is 117 cm³/mol. The number of ether oxygens (including phenoxy) is 3. The van der Waals surface area contributed by atoms with Crippen molar-refractivity contribution in [3.8, 4) is 17.2 Å². The highest BCUT2D eigenvalue weighted by molar-refractivity contribution is 5.79. The Morgan fingerprint density at radius 2 is 1.77 bits per heavy atom. The highest BCUT2D eigenvalue weighted by atomic mass is 16.6. The summed E-state index contributed by atoms with van der Waals surface area (Å²) >= 11 is 0. The van der Waals surface area contributed by atoms with Gasteiger partial charge in [-0.3, -0.25) is 4.79 Å². The maximum absolute atomic E-state index is 12.8. The molecule has 1 saturated carbocycles. The molecule has 0 bridgehead atoms. The van der Waals surface area contributed by atoms with Gasteiger partial charge in [0.15, 0.2) is 6.61 Å². The average molecular weight is 422 g/mol. The number of hydrogen-bond acceptors (Lipinski definition) is 6. The van der Waals surface area contributed by atoms with Gasteiger partial charge >= 0.3 is 5.97 Å². The molecule has 3 aromatic rings. The lowest BCUT2D eigenvalue weighted by molar-refractivity contribution is -0.152. The number of benzene rings is 2. The molecule has 1 aromatic heterocycles. The standard InChI is InChI=1S/C25H26O6/c1-2-17-8-10-19(11-9-17)30-23-15-29-22-14-20(12-13-21(22)25(23)27)28-16-24(26)31-18-6-4-3-5-7-18/h8-15,18H,2-7,16H2,1H3.